The Morgan fingerprint density at radius 3 is 3.00 bits per heavy atom. The van der Waals surface area contributed by atoms with Crippen LogP contribution in [0.2, 0.25) is 0 Å². The van der Waals surface area contributed by atoms with E-state index in [1.165, 1.54) is 35.1 Å². The number of hydrogen-bond donors (Lipinski definition) is 1. The Morgan fingerprint density at radius 1 is 1.45 bits per heavy atom. The van der Waals surface area contributed by atoms with Gasteiger partial charge in [0.1, 0.15) is 11.4 Å². The normalized spacial score (nSPS) is 12.5. The third-order valence-corrected chi connectivity index (χ3v) is 4.72. The van der Waals surface area contributed by atoms with Gasteiger partial charge in [-0.3, -0.25) is 14.2 Å². The summed E-state index contributed by atoms with van der Waals surface area (Å²) < 4.78 is 1.37. The Hall–Kier alpha value is -1.69. The molecule has 1 N–H and O–H groups in total. The second-order valence-electron chi connectivity index (χ2n) is 5.54. The predicted molar refractivity (Wildman–Crippen MR) is 90.2 cm³/mol. The third kappa shape index (κ3) is 4.16. The summed E-state index contributed by atoms with van der Waals surface area (Å²) in [6.45, 7) is 5.02. The smallest absolute Gasteiger partial charge is 0.262 e. The van der Waals surface area contributed by atoms with Gasteiger partial charge in [0, 0.05) is 6.54 Å². The molecule has 0 unspecified atom stereocenters. The summed E-state index contributed by atoms with van der Waals surface area (Å²) in [5.74, 6) is 0.381. The highest BCUT2D eigenvalue weighted by Gasteiger charge is 2.11. The van der Waals surface area contributed by atoms with E-state index in [9.17, 15) is 9.59 Å². The molecule has 0 aliphatic carbocycles. The Balaban J connectivity index is 1.93. The second-order valence-corrected chi connectivity index (χ2v) is 6.43. The van der Waals surface area contributed by atoms with Gasteiger partial charge in [-0.05, 0) is 23.8 Å². The Kier molecular flexibility index (Phi) is 6.12. The fourth-order valence-electron chi connectivity index (χ4n) is 2.42. The van der Waals surface area contributed by atoms with Crippen molar-refractivity contribution in [2.75, 3.05) is 6.54 Å². The van der Waals surface area contributed by atoms with E-state index >= 15 is 0 Å². The monoisotopic (exact) mass is 321 g/mol. The Morgan fingerprint density at radius 2 is 2.27 bits per heavy atom. The summed E-state index contributed by atoms with van der Waals surface area (Å²) in [7, 11) is 0. The number of amides is 1. The molecule has 2 heterocycles. The first kappa shape index (κ1) is 16.7. The number of aromatic nitrogens is 2. The molecule has 0 fully saturated rings. The van der Waals surface area contributed by atoms with Crippen molar-refractivity contribution in [3.8, 4) is 0 Å². The summed E-state index contributed by atoms with van der Waals surface area (Å²) in [6.07, 6.45) is 6.01. The van der Waals surface area contributed by atoms with Gasteiger partial charge < -0.3 is 5.32 Å². The molecule has 120 valence electrons. The van der Waals surface area contributed by atoms with E-state index < -0.39 is 0 Å². The molecule has 5 nitrogen and oxygen atoms in total. The van der Waals surface area contributed by atoms with Gasteiger partial charge in [-0.25, -0.2) is 4.98 Å². The van der Waals surface area contributed by atoms with Crippen LogP contribution in [0.4, 0.5) is 0 Å². The second kappa shape index (κ2) is 8.08. The van der Waals surface area contributed by atoms with Gasteiger partial charge in [-0.2, -0.15) is 0 Å². The lowest BCUT2D eigenvalue weighted by Crippen LogP contribution is -2.35. The van der Waals surface area contributed by atoms with E-state index in [1.807, 2.05) is 5.38 Å². The van der Waals surface area contributed by atoms with Crippen LogP contribution in [0.5, 0.6) is 0 Å². The van der Waals surface area contributed by atoms with Crippen molar-refractivity contribution in [2.45, 2.75) is 46.1 Å². The zero-order chi connectivity index (χ0) is 15.9. The molecular formula is C16H23N3O2S. The lowest BCUT2D eigenvalue weighted by Gasteiger charge is -2.15. The lowest BCUT2D eigenvalue weighted by atomic mass is 9.99. The van der Waals surface area contributed by atoms with E-state index in [-0.39, 0.29) is 18.0 Å². The molecule has 0 aromatic carbocycles. The molecule has 0 spiro atoms. The number of carbonyl (C=O) groups excluding carboxylic acids is 1. The average molecular weight is 321 g/mol. The van der Waals surface area contributed by atoms with Crippen molar-refractivity contribution < 1.29 is 4.79 Å². The van der Waals surface area contributed by atoms with Crippen molar-refractivity contribution in [3.05, 3.63) is 28.1 Å². The Bertz CT molecular complexity index is 677. The van der Waals surface area contributed by atoms with Crippen LogP contribution in [0.3, 0.4) is 0 Å². The van der Waals surface area contributed by atoms with Crippen LogP contribution in [0.1, 0.15) is 39.5 Å². The maximum absolute atomic E-state index is 12.2. The molecule has 0 aliphatic rings. The van der Waals surface area contributed by atoms with Crippen LogP contribution in [0, 0.1) is 5.92 Å². The van der Waals surface area contributed by atoms with Crippen LogP contribution in [0.15, 0.2) is 22.6 Å². The maximum Gasteiger partial charge on any atom is 0.262 e. The predicted octanol–water partition coefficient (Wildman–Crippen LogP) is 2.79. The zero-order valence-electron chi connectivity index (χ0n) is 13.2. The fourth-order valence-corrected chi connectivity index (χ4v) is 3.14. The number of rotatable bonds is 8. The van der Waals surface area contributed by atoms with Crippen molar-refractivity contribution in [2.24, 2.45) is 5.92 Å². The van der Waals surface area contributed by atoms with Crippen molar-refractivity contribution in [3.63, 3.8) is 0 Å². The lowest BCUT2D eigenvalue weighted by molar-refractivity contribution is -0.121. The molecular weight excluding hydrogens is 298 g/mol. The standard InChI is InChI=1S/C16H23N3O2S/c1-3-5-6-12(4-2)9-17-14(20)10-19-11-18-15-13(16(19)21)7-8-22-15/h7-8,11-12H,3-6,9-10H2,1-2H3,(H,17,20)/t12-/m0/s1. The molecule has 22 heavy (non-hydrogen) atoms. The van der Waals surface area contributed by atoms with Gasteiger partial charge in [0.2, 0.25) is 5.91 Å². The minimum absolute atomic E-state index is 0.0296. The molecule has 0 saturated heterocycles. The third-order valence-electron chi connectivity index (χ3n) is 3.90. The SMILES string of the molecule is CCCC[C@H](CC)CNC(=O)Cn1cnc2sccc2c1=O. The van der Waals surface area contributed by atoms with Crippen molar-refractivity contribution >= 4 is 27.5 Å². The molecule has 1 atom stereocenters. The van der Waals surface area contributed by atoms with Gasteiger partial charge >= 0.3 is 0 Å². The number of unbranched alkanes of at least 4 members (excludes halogenated alkanes) is 1. The number of carbonyl (C=O) groups is 1. The number of nitrogens with one attached hydrogen (secondary N) is 1. The summed E-state index contributed by atoms with van der Waals surface area (Å²) in [4.78, 5) is 29.2. The highest BCUT2D eigenvalue weighted by Crippen LogP contribution is 2.13. The minimum atomic E-state index is -0.153. The highest BCUT2D eigenvalue weighted by molar-refractivity contribution is 7.16. The largest absolute Gasteiger partial charge is 0.354 e. The number of fused-ring (bicyclic) bond motifs is 1. The molecule has 1 amide bonds. The van der Waals surface area contributed by atoms with E-state index in [4.69, 9.17) is 0 Å². The fraction of sp³-hybridized carbons (Fsp3) is 0.562. The summed E-state index contributed by atoms with van der Waals surface area (Å²) in [5.41, 5.74) is -0.153. The number of nitrogens with zero attached hydrogens (tertiary/aromatic N) is 2. The molecule has 0 saturated carbocycles. The number of thiophene rings is 1. The van der Waals surface area contributed by atoms with Gasteiger partial charge in [0.15, 0.2) is 0 Å². The first-order chi connectivity index (χ1) is 10.7. The van der Waals surface area contributed by atoms with Gasteiger partial charge in [0.25, 0.3) is 5.56 Å². The van der Waals surface area contributed by atoms with E-state index in [2.05, 4.69) is 24.1 Å². The average Bonchev–Trinajstić information content (AvgIpc) is 3.00. The van der Waals surface area contributed by atoms with Gasteiger partial charge in [0.05, 0.1) is 11.7 Å². The highest BCUT2D eigenvalue weighted by atomic mass is 32.1. The van der Waals surface area contributed by atoms with Crippen LogP contribution >= 0.6 is 11.3 Å². The topological polar surface area (TPSA) is 64.0 Å². The van der Waals surface area contributed by atoms with E-state index in [1.54, 1.807) is 6.07 Å². The summed E-state index contributed by atoms with van der Waals surface area (Å²) in [5, 5.41) is 5.35. The van der Waals surface area contributed by atoms with Gasteiger partial charge in [-0.1, -0.05) is 33.1 Å². The van der Waals surface area contributed by atoms with Crippen LogP contribution in [-0.2, 0) is 11.3 Å². The molecule has 2 aromatic rings. The van der Waals surface area contributed by atoms with Crippen LogP contribution in [0.25, 0.3) is 10.2 Å². The van der Waals surface area contributed by atoms with Gasteiger partial charge in [-0.15, -0.1) is 11.3 Å². The quantitative estimate of drug-likeness (QED) is 0.813. The first-order valence-corrected chi connectivity index (χ1v) is 8.73. The van der Waals surface area contributed by atoms with Crippen molar-refractivity contribution in [1.82, 2.24) is 14.9 Å². The molecule has 0 aliphatic heterocycles. The van der Waals surface area contributed by atoms with Crippen LogP contribution < -0.4 is 10.9 Å². The first-order valence-electron chi connectivity index (χ1n) is 7.85. The molecule has 2 rings (SSSR count). The zero-order valence-corrected chi connectivity index (χ0v) is 14.0. The van der Waals surface area contributed by atoms with Crippen molar-refractivity contribution in [1.29, 1.82) is 0 Å². The molecule has 6 heteroatoms. The number of hydrogen-bond acceptors (Lipinski definition) is 4. The summed E-state index contributed by atoms with van der Waals surface area (Å²) >= 11 is 1.43. The van der Waals surface area contributed by atoms with E-state index in [0.29, 0.717) is 22.7 Å². The molecule has 2 aromatic heterocycles. The molecule has 0 radical (unpaired) electrons. The molecule has 0 bridgehead atoms. The van der Waals surface area contributed by atoms with E-state index in [0.717, 1.165) is 12.8 Å². The van der Waals surface area contributed by atoms with Crippen LogP contribution in [-0.4, -0.2) is 22.0 Å². The minimum Gasteiger partial charge on any atom is -0.354 e. The Labute approximate surface area is 134 Å². The maximum atomic E-state index is 12.2. The summed E-state index contributed by atoms with van der Waals surface area (Å²) in [6, 6.07) is 1.75.